The molecule has 0 unspecified atom stereocenters. The zero-order valence-electron chi connectivity index (χ0n) is 20.7. The van der Waals surface area contributed by atoms with E-state index in [0.717, 1.165) is 29.3 Å². The van der Waals surface area contributed by atoms with Crippen molar-refractivity contribution in [1.29, 1.82) is 0 Å². The van der Waals surface area contributed by atoms with Gasteiger partial charge in [0.1, 0.15) is 4.90 Å². The Balaban J connectivity index is 1.31. The lowest BCUT2D eigenvalue weighted by molar-refractivity contribution is -0.120. The summed E-state index contributed by atoms with van der Waals surface area (Å²) in [6.45, 7) is 5.22. The SMILES string of the molecule is Cc1[nH]c(C)c(S(=O)(=O)N2CCC(C(=O)Nc3cccc4ccccc34)CC2)c1C(=O)N1CCCC1. The zero-order valence-corrected chi connectivity index (χ0v) is 21.5. The number of aryl methyl sites for hydroxylation is 2. The molecule has 0 radical (unpaired) electrons. The van der Waals surface area contributed by atoms with Crippen LogP contribution in [0.15, 0.2) is 47.4 Å². The average Bonchev–Trinajstić information content (AvgIpc) is 3.52. The first-order valence-electron chi connectivity index (χ1n) is 12.5. The van der Waals surface area contributed by atoms with E-state index in [-0.39, 0.29) is 41.3 Å². The van der Waals surface area contributed by atoms with E-state index in [0.29, 0.717) is 37.3 Å². The van der Waals surface area contributed by atoms with Crippen molar-refractivity contribution in [3.63, 3.8) is 0 Å². The number of hydrogen-bond donors (Lipinski definition) is 2. The van der Waals surface area contributed by atoms with Gasteiger partial charge >= 0.3 is 0 Å². The quantitative estimate of drug-likeness (QED) is 0.543. The maximum Gasteiger partial charge on any atom is 0.257 e. The van der Waals surface area contributed by atoms with Crippen molar-refractivity contribution >= 4 is 38.3 Å². The van der Waals surface area contributed by atoms with Crippen LogP contribution in [-0.4, -0.2) is 60.6 Å². The lowest BCUT2D eigenvalue weighted by Crippen LogP contribution is -2.42. The van der Waals surface area contributed by atoms with Crippen LogP contribution in [0.3, 0.4) is 0 Å². The van der Waals surface area contributed by atoms with E-state index in [9.17, 15) is 18.0 Å². The maximum atomic E-state index is 13.7. The van der Waals surface area contributed by atoms with Crippen LogP contribution in [0.2, 0.25) is 0 Å². The van der Waals surface area contributed by atoms with E-state index in [1.54, 1.807) is 18.7 Å². The van der Waals surface area contributed by atoms with Gasteiger partial charge < -0.3 is 15.2 Å². The summed E-state index contributed by atoms with van der Waals surface area (Å²) < 4.78 is 28.8. The van der Waals surface area contributed by atoms with Crippen LogP contribution >= 0.6 is 0 Å². The Bertz CT molecular complexity index is 1410. The molecule has 2 aromatic carbocycles. The molecule has 3 heterocycles. The van der Waals surface area contributed by atoms with Crippen LogP contribution in [0.5, 0.6) is 0 Å². The van der Waals surface area contributed by atoms with E-state index in [2.05, 4.69) is 10.3 Å². The third kappa shape index (κ3) is 4.41. The number of nitrogens with one attached hydrogen (secondary N) is 2. The Labute approximate surface area is 211 Å². The smallest absolute Gasteiger partial charge is 0.257 e. The standard InChI is InChI=1S/C27H32N4O4S/c1-18-24(27(33)30-14-5-6-15-30)25(19(2)28-18)36(34,35)31-16-12-21(13-17-31)26(32)29-23-11-7-9-20-8-3-4-10-22(20)23/h3-4,7-11,21,28H,5-6,12-17H2,1-2H3,(H,29,32). The number of piperidine rings is 1. The van der Waals surface area contributed by atoms with Crippen molar-refractivity contribution < 1.29 is 18.0 Å². The molecule has 2 aliphatic rings. The molecule has 36 heavy (non-hydrogen) atoms. The number of nitrogens with zero attached hydrogens (tertiary/aromatic N) is 2. The van der Waals surface area contributed by atoms with Crippen LogP contribution in [0.1, 0.15) is 47.4 Å². The van der Waals surface area contributed by atoms with Gasteiger partial charge in [-0.2, -0.15) is 4.31 Å². The van der Waals surface area contributed by atoms with Crippen LogP contribution in [0.25, 0.3) is 10.8 Å². The normalized spacial score (nSPS) is 17.6. The predicted octanol–water partition coefficient (Wildman–Crippen LogP) is 4.06. The van der Waals surface area contributed by atoms with Crippen LogP contribution in [0.4, 0.5) is 5.69 Å². The summed E-state index contributed by atoms with van der Waals surface area (Å²) in [5, 5.41) is 5.07. The fourth-order valence-corrected chi connectivity index (χ4v) is 7.36. The van der Waals surface area contributed by atoms with Gasteiger partial charge in [0.15, 0.2) is 0 Å². The Morgan fingerprint density at radius 1 is 0.917 bits per heavy atom. The minimum atomic E-state index is -3.89. The molecule has 2 aliphatic heterocycles. The van der Waals surface area contributed by atoms with E-state index in [4.69, 9.17) is 0 Å². The summed E-state index contributed by atoms with van der Waals surface area (Å²) in [5.74, 6) is -0.602. The first-order valence-corrected chi connectivity index (χ1v) is 14.0. The van der Waals surface area contributed by atoms with Gasteiger partial charge in [-0.05, 0) is 51.0 Å². The fourth-order valence-electron chi connectivity index (χ4n) is 5.47. The molecule has 0 bridgehead atoms. The van der Waals surface area contributed by atoms with Gasteiger partial charge in [0.2, 0.25) is 15.9 Å². The summed E-state index contributed by atoms with van der Waals surface area (Å²) in [7, 11) is -3.89. The summed E-state index contributed by atoms with van der Waals surface area (Å²) in [4.78, 5) is 31.2. The molecular weight excluding hydrogens is 476 g/mol. The van der Waals surface area contributed by atoms with Gasteiger partial charge in [-0.25, -0.2) is 8.42 Å². The number of benzene rings is 2. The zero-order chi connectivity index (χ0) is 25.4. The number of aromatic nitrogens is 1. The second-order valence-electron chi connectivity index (χ2n) is 9.77. The Morgan fingerprint density at radius 2 is 1.58 bits per heavy atom. The summed E-state index contributed by atoms with van der Waals surface area (Å²) in [5.41, 5.74) is 2.07. The fraction of sp³-hybridized carbons (Fsp3) is 0.407. The molecular formula is C27H32N4O4S. The second kappa shape index (κ2) is 9.71. The van der Waals surface area contributed by atoms with Crippen molar-refractivity contribution in [3.05, 3.63) is 59.4 Å². The number of rotatable bonds is 5. The molecule has 5 rings (SSSR count). The number of anilines is 1. The Kier molecular flexibility index (Phi) is 6.61. The van der Waals surface area contributed by atoms with Crippen molar-refractivity contribution in [2.75, 3.05) is 31.5 Å². The van der Waals surface area contributed by atoms with Gasteiger partial charge in [0.05, 0.1) is 5.56 Å². The monoisotopic (exact) mass is 508 g/mol. The number of aromatic amines is 1. The summed E-state index contributed by atoms with van der Waals surface area (Å²) in [6, 6.07) is 13.7. The lowest BCUT2D eigenvalue weighted by Gasteiger charge is -2.31. The molecule has 1 aromatic heterocycles. The highest BCUT2D eigenvalue weighted by atomic mass is 32.2. The minimum absolute atomic E-state index is 0.0792. The number of hydrogen-bond acceptors (Lipinski definition) is 4. The molecule has 0 spiro atoms. The Hall–Kier alpha value is -3.17. The number of carbonyl (C=O) groups excluding carboxylic acids is 2. The largest absolute Gasteiger partial charge is 0.361 e. The molecule has 2 N–H and O–H groups in total. The highest BCUT2D eigenvalue weighted by molar-refractivity contribution is 7.89. The predicted molar refractivity (Wildman–Crippen MR) is 139 cm³/mol. The molecule has 9 heteroatoms. The average molecular weight is 509 g/mol. The molecule has 2 fully saturated rings. The number of fused-ring (bicyclic) bond motifs is 1. The number of amides is 2. The molecule has 2 saturated heterocycles. The minimum Gasteiger partial charge on any atom is -0.361 e. The van der Waals surface area contributed by atoms with Crippen molar-refractivity contribution in [2.24, 2.45) is 5.92 Å². The van der Waals surface area contributed by atoms with Gasteiger partial charge in [0.25, 0.3) is 5.91 Å². The number of sulfonamides is 1. The third-order valence-corrected chi connectivity index (χ3v) is 9.47. The van der Waals surface area contributed by atoms with E-state index < -0.39 is 10.0 Å². The number of likely N-dealkylation sites (tertiary alicyclic amines) is 1. The highest BCUT2D eigenvalue weighted by Crippen LogP contribution is 2.32. The van der Waals surface area contributed by atoms with Crippen LogP contribution in [0, 0.1) is 19.8 Å². The van der Waals surface area contributed by atoms with Gasteiger partial charge in [0, 0.05) is 54.6 Å². The first kappa shape index (κ1) is 24.5. The molecule has 0 atom stereocenters. The number of carbonyl (C=O) groups is 2. The van der Waals surface area contributed by atoms with Gasteiger partial charge in [-0.1, -0.05) is 36.4 Å². The second-order valence-corrected chi connectivity index (χ2v) is 11.6. The molecule has 8 nitrogen and oxygen atoms in total. The highest BCUT2D eigenvalue weighted by Gasteiger charge is 2.38. The van der Waals surface area contributed by atoms with Crippen molar-refractivity contribution in [2.45, 2.75) is 44.4 Å². The topological polar surface area (TPSA) is 103 Å². The van der Waals surface area contributed by atoms with E-state index >= 15 is 0 Å². The van der Waals surface area contributed by atoms with Crippen LogP contribution in [-0.2, 0) is 14.8 Å². The Morgan fingerprint density at radius 3 is 2.31 bits per heavy atom. The van der Waals surface area contributed by atoms with Gasteiger partial charge in [-0.3, -0.25) is 9.59 Å². The molecule has 0 aliphatic carbocycles. The molecule has 190 valence electrons. The van der Waals surface area contributed by atoms with Crippen molar-refractivity contribution in [1.82, 2.24) is 14.2 Å². The van der Waals surface area contributed by atoms with E-state index in [1.807, 2.05) is 42.5 Å². The van der Waals surface area contributed by atoms with Crippen LogP contribution < -0.4 is 5.32 Å². The molecule has 0 saturated carbocycles. The molecule has 3 aromatic rings. The lowest BCUT2D eigenvalue weighted by atomic mass is 9.97. The van der Waals surface area contributed by atoms with Crippen molar-refractivity contribution in [3.8, 4) is 0 Å². The summed E-state index contributed by atoms with van der Waals surface area (Å²) >= 11 is 0. The molecule has 2 amide bonds. The van der Waals surface area contributed by atoms with Gasteiger partial charge in [-0.15, -0.1) is 0 Å². The maximum absolute atomic E-state index is 13.7. The number of H-pyrrole nitrogens is 1. The summed E-state index contributed by atoms with van der Waals surface area (Å²) in [6.07, 6.45) is 2.72. The van der Waals surface area contributed by atoms with E-state index in [1.165, 1.54) is 4.31 Å². The first-order chi connectivity index (χ1) is 17.3. The third-order valence-electron chi connectivity index (χ3n) is 7.39.